The second kappa shape index (κ2) is 7.62. The quantitative estimate of drug-likeness (QED) is 0.717. The van der Waals surface area contributed by atoms with E-state index >= 15 is 0 Å². The van der Waals surface area contributed by atoms with E-state index in [-0.39, 0.29) is 28.2 Å². The molecule has 2 aromatic rings. The van der Waals surface area contributed by atoms with Crippen LogP contribution in [0.25, 0.3) is 10.9 Å². The SMILES string of the molecule is COC(=O)c1cc2c(C3CCN(C(=O)OC(C)(C)C)CC3)cc(Cl)c(F)c2[nH]1. The minimum atomic E-state index is -0.596. The molecule has 1 N–H and O–H groups in total. The van der Waals surface area contributed by atoms with Gasteiger partial charge in [-0.1, -0.05) is 11.6 Å². The van der Waals surface area contributed by atoms with Crippen molar-refractivity contribution >= 4 is 34.6 Å². The van der Waals surface area contributed by atoms with Gasteiger partial charge in [0, 0.05) is 18.5 Å². The Hall–Kier alpha value is -2.28. The van der Waals surface area contributed by atoms with E-state index in [0.717, 1.165) is 5.56 Å². The Kier molecular flexibility index (Phi) is 5.57. The number of benzene rings is 1. The summed E-state index contributed by atoms with van der Waals surface area (Å²) in [6.07, 6.45) is 1.05. The molecule has 2 heterocycles. The number of halogens is 2. The van der Waals surface area contributed by atoms with E-state index in [9.17, 15) is 14.0 Å². The fourth-order valence-corrected chi connectivity index (χ4v) is 3.72. The number of amides is 1. The highest BCUT2D eigenvalue weighted by Gasteiger charge is 2.29. The van der Waals surface area contributed by atoms with Crippen LogP contribution in [0.1, 0.15) is 55.6 Å². The molecule has 0 aliphatic carbocycles. The van der Waals surface area contributed by atoms with Crippen LogP contribution in [-0.2, 0) is 9.47 Å². The van der Waals surface area contributed by atoms with E-state index in [1.54, 1.807) is 17.0 Å². The smallest absolute Gasteiger partial charge is 0.410 e. The van der Waals surface area contributed by atoms with Crippen molar-refractivity contribution in [1.29, 1.82) is 0 Å². The van der Waals surface area contributed by atoms with E-state index in [2.05, 4.69) is 4.98 Å². The van der Waals surface area contributed by atoms with E-state index in [1.807, 2.05) is 20.8 Å². The zero-order chi connectivity index (χ0) is 20.6. The molecule has 0 unspecified atom stereocenters. The second-order valence-electron chi connectivity index (χ2n) is 7.97. The molecule has 6 nitrogen and oxygen atoms in total. The zero-order valence-electron chi connectivity index (χ0n) is 16.4. The molecule has 3 rings (SSSR count). The summed E-state index contributed by atoms with van der Waals surface area (Å²) in [4.78, 5) is 28.5. The molecule has 0 bridgehead atoms. The highest BCUT2D eigenvalue weighted by atomic mass is 35.5. The van der Waals surface area contributed by atoms with Gasteiger partial charge in [-0.05, 0) is 57.2 Å². The van der Waals surface area contributed by atoms with Gasteiger partial charge in [-0.15, -0.1) is 0 Å². The molecule has 1 aliphatic rings. The lowest BCUT2D eigenvalue weighted by Crippen LogP contribution is -2.41. The number of fused-ring (bicyclic) bond motifs is 1. The summed E-state index contributed by atoms with van der Waals surface area (Å²) in [6, 6.07) is 3.21. The zero-order valence-corrected chi connectivity index (χ0v) is 17.2. The molecule has 1 fully saturated rings. The topological polar surface area (TPSA) is 71.6 Å². The normalized spacial score (nSPS) is 15.7. The standard InChI is InChI=1S/C20H24ClFN2O4/c1-20(2,3)28-19(26)24-7-5-11(6-8-24)12-9-14(21)16(22)17-13(12)10-15(23-17)18(25)27-4/h9-11,23H,5-8H2,1-4H3. The molecular weight excluding hydrogens is 387 g/mol. The predicted molar refractivity (Wildman–Crippen MR) is 104 cm³/mol. The number of aromatic amines is 1. The average molecular weight is 411 g/mol. The van der Waals surface area contributed by atoms with E-state index in [1.165, 1.54) is 7.11 Å². The minimum Gasteiger partial charge on any atom is -0.464 e. The number of piperidine rings is 1. The van der Waals surface area contributed by atoms with Gasteiger partial charge in [-0.25, -0.2) is 14.0 Å². The Morgan fingerprint density at radius 2 is 1.89 bits per heavy atom. The number of hydrogen-bond acceptors (Lipinski definition) is 4. The van der Waals surface area contributed by atoms with Gasteiger partial charge in [-0.3, -0.25) is 0 Å². The van der Waals surface area contributed by atoms with Crippen LogP contribution in [0.2, 0.25) is 5.02 Å². The number of carbonyl (C=O) groups is 2. The lowest BCUT2D eigenvalue weighted by Gasteiger charge is -2.34. The fraction of sp³-hybridized carbons (Fsp3) is 0.500. The summed E-state index contributed by atoms with van der Waals surface area (Å²) in [5.41, 5.74) is 0.681. The minimum absolute atomic E-state index is 0.00432. The number of esters is 1. The van der Waals surface area contributed by atoms with Crippen molar-refractivity contribution in [2.45, 2.75) is 45.1 Å². The van der Waals surface area contributed by atoms with E-state index < -0.39 is 17.4 Å². The maximum absolute atomic E-state index is 14.5. The van der Waals surface area contributed by atoms with Gasteiger partial charge in [0.05, 0.1) is 17.6 Å². The van der Waals surface area contributed by atoms with Gasteiger partial charge in [0.1, 0.15) is 11.3 Å². The molecule has 1 aliphatic heterocycles. The Morgan fingerprint density at radius 1 is 1.25 bits per heavy atom. The van der Waals surface area contributed by atoms with Crippen LogP contribution >= 0.6 is 11.6 Å². The molecule has 8 heteroatoms. The summed E-state index contributed by atoms with van der Waals surface area (Å²) in [5, 5.41) is 0.605. The molecule has 152 valence electrons. The van der Waals surface area contributed by atoms with Crippen LogP contribution in [0.3, 0.4) is 0 Å². The number of hydrogen-bond donors (Lipinski definition) is 1. The third kappa shape index (κ3) is 4.09. The van der Waals surface area contributed by atoms with Crippen molar-refractivity contribution in [3.8, 4) is 0 Å². The van der Waals surface area contributed by atoms with Gasteiger partial charge in [0.15, 0.2) is 5.82 Å². The lowest BCUT2D eigenvalue weighted by molar-refractivity contribution is 0.0205. The van der Waals surface area contributed by atoms with Crippen molar-refractivity contribution in [1.82, 2.24) is 9.88 Å². The largest absolute Gasteiger partial charge is 0.464 e. The van der Waals surface area contributed by atoms with Crippen molar-refractivity contribution in [2.24, 2.45) is 0 Å². The third-order valence-corrected chi connectivity index (χ3v) is 5.11. The molecule has 0 radical (unpaired) electrons. The number of H-pyrrole nitrogens is 1. The molecular formula is C20H24ClFN2O4. The van der Waals surface area contributed by atoms with Gasteiger partial charge in [-0.2, -0.15) is 0 Å². The van der Waals surface area contributed by atoms with Gasteiger partial charge in [0.25, 0.3) is 0 Å². The first-order valence-corrected chi connectivity index (χ1v) is 9.55. The number of methoxy groups -OCH3 is 1. The van der Waals surface area contributed by atoms with Gasteiger partial charge in [0.2, 0.25) is 0 Å². The Morgan fingerprint density at radius 3 is 2.46 bits per heavy atom. The second-order valence-corrected chi connectivity index (χ2v) is 8.37. The van der Waals surface area contributed by atoms with Crippen LogP contribution in [0.5, 0.6) is 0 Å². The van der Waals surface area contributed by atoms with E-state index in [0.29, 0.717) is 31.3 Å². The monoisotopic (exact) mass is 410 g/mol. The number of rotatable bonds is 2. The summed E-state index contributed by atoms with van der Waals surface area (Å²) < 4.78 is 24.6. The molecule has 0 spiro atoms. The molecule has 0 saturated carbocycles. The first-order chi connectivity index (χ1) is 13.1. The fourth-order valence-electron chi connectivity index (χ4n) is 3.51. The number of nitrogens with zero attached hydrogens (tertiary/aromatic N) is 1. The van der Waals surface area contributed by atoms with Gasteiger partial charge >= 0.3 is 12.1 Å². The first kappa shape index (κ1) is 20.5. The van der Waals surface area contributed by atoms with Crippen LogP contribution in [-0.4, -0.2) is 47.7 Å². The number of aromatic nitrogens is 1. The van der Waals surface area contributed by atoms with Gasteiger partial charge < -0.3 is 19.4 Å². The van der Waals surface area contributed by atoms with Crippen molar-refractivity contribution in [3.63, 3.8) is 0 Å². The van der Waals surface area contributed by atoms with Crippen molar-refractivity contribution < 1.29 is 23.5 Å². The molecule has 0 atom stereocenters. The number of carbonyl (C=O) groups excluding carboxylic acids is 2. The Balaban J connectivity index is 1.85. The summed E-state index contributed by atoms with van der Waals surface area (Å²) in [7, 11) is 1.27. The summed E-state index contributed by atoms with van der Waals surface area (Å²) in [5.74, 6) is -1.08. The van der Waals surface area contributed by atoms with Crippen LogP contribution in [0.15, 0.2) is 12.1 Å². The van der Waals surface area contributed by atoms with Crippen LogP contribution in [0, 0.1) is 5.82 Å². The molecule has 1 amide bonds. The van der Waals surface area contributed by atoms with Crippen LogP contribution in [0.4, 0.5) is 9.18 Å². The highest BCUT2D eigenvalue weighted by molar-refractivity contribution is 6.31. The molecule has 28 heavy (non-hydrogen) atoms. The Labute approximate surface area is 167 Å². The number of likely N-dealkylation sites (tertiary alicyclic amines) is 1. The summed E-state index contributed by atoms with van der Waals surface area (Å²) in [6.45, 7) is 6.56. The maximum Gasteiger partial charge on any atom is 0.410 e. The first-order valence-electron chi connectivity index (χ1n) is 9.17. The van der Waals surface area contributed by atoms with Crippen LogP contribution < -0.4 is 0 Å². The average Bonchev–Trinajstić information content (AvgIpc) is 3.08. The van der Waals surface area contributed by atoms with E-state index in [4.69, 9.17) is 21.1 Å². The predicted octanol–water partition coefficient (Wildman–Crippen LogP) is 4.86. The highest BCUT2D eigenvalue weighted by Crippen LogP contribution is 2.37. The number of nitrogens with one attached hydrogen (secondary N) is 1. The molecule has 1 aromatic heterocycles. The lowest BCUT2D eigenvalue weighted by atomic mass is 9.87. The maximum atomic E-state index is 14.5. The van der Waals surface area contributed by atoms with Crippen molar-refractivity contribution in [3.05, 3.63) is 34.2 Å². The summed E-state index contributed by atoms with van der Waals surface area (Å²) >= 11 is 6.09. The molecule has 1 aromatic carbocycles. The molecule has 1 saturated heterocycles. The van der Waals surface area contributed by atoms with Crippen molar-refractivity contribution in [2.75, 3.05) is 20.2 Å². The third-order valence-electron chi connectivity index (χ3n) is 4.83. The number of ether oxygens (including phenoxy) is 2. The Bertz CT molecular complexity index is 911.